The Labute approximate surface area is 136 Å². The molecule has 0 spiro atoms. The molecule has 0 saturated carbocycles. The van der Waals surface area contributed by atoms with Gasteiger partial charge in [-0.25, -0.2) is 4.98 Å². The Kier molecular flexibility index (Phi) is 3.23. The Morgan fingerprint density at radius 3 is 2.96 bits per heavy atom. The minimum atomic E-state index is -0.114. The van der Waals surface area contributed by atoms with Gasteiger partial charge in [-0.3, -0.25) is 9.78 Å². The standard InChI is InChI=1S/C18H15N3OS/c1-3-11-6-10(2)16-13(7-11)18(22)21-17(20-16)14-8-15-12(9-19-14)4-5-23-15/h4-9H,3H2,1-2H3,(H,20,21,22). The van der Waals surface area contributed by atoms with Gasteiger partial charge in [-0.1, -0.05) is 13.0 Å². The summed E-state index contributed by atoms with van der Waals surface area (Å²) in [6.07, 6.45) is 2.72. The van der Waals surface area contributed by atoms with E-state index in [0.717, 1.165) is 33.2 Å². The smallest absolute Gasteiger partial charge is 0.259 e. The van der Waals surface area contributed by atoms with E-state index in [0.29, 0.717) is 16.9 Å². The van der Waals surface area contributed by atoms with Gasteiger partial charge in [-0.2, -0.15) is 0 Å². The molecular formula is C18H15N3OS. The third-order valence-corrected chi connectivity index (χ3v) is 4.93. The van der Waals surface area contributed by atoms with Crippen molar-refractivity contribution in [1.29, 1.82) is 0 Å². The van der Waals surface area contributed by atoms with Crippen molar-refractivity contribution in [2.75, 3.05) is 0 Å². The number of aromatic amines is 1. The second-order valence-electron chi connectivity index (χ2n) is 5.60. The Balaban J connectivity index is 1.97. The number of H-pyrrole nitrogens is 1. The Hall–Kier alpha value is -2.53. The number of fused-ring (bicyclic) bond motifs is 2. The van der Waals surface area contributed by atoms with Gasteiger partial charge in [0, 0.05) is 16.3 Å². The lowest BCUT2D eigenvalue weighted by Crippen LogP contribution is -2.11. The summed E-state index contributed by atoms with van der Waals surface area (Å²) >= 11 is 1.65. The maximum absolute atomic E-state index is 12.5. The maximum Gasteiger partial charge on any atom is 0.259 e. The summed E-state index contributed by atoms with van der Waals surface area (Å²) in [6.45, 7) is 4.07. The molecule has 3 aromatic heterocycles. The molecule has 0 aliphatic heterocycles. The molecule has 4 aromatic rings. The molecule has 114 valence electrons. The van der Waals surface area contributed by atoms with Crippen molar-refractivity contribution >= 4 is 32.3 Å². The fraction of sp³-hybridized carbons (Fsp3) is 0.167. The van der Waals surface area contributed by atoms with Crippen LogP contribution in [0, 0.1) is 6.92 Å². The summed E-state index contributed by atoms with van der Waals surface area (Å²) in [4.78, 5) is 24.5. The largest absolute Gasteiger partial charge is 0.305 e. The van der Waals surface area contributed by atoms with E-state index in [9.17, 15) is 4.79 Å². The lowest BCUT2D eigenvalue weighted by molar-refractivity contribution is 1.11. The molecule has 0 unspecified atom stereocenters. The van der Waals surface area contributed by atoms with E-state index in [1.54, 1.807) is 11.3 Å². The number of aryl methyl sites for hydroxylation is 2. The molecule has 0 fully saturated rings. The Bertz CT molecular complexity index is 1090. The molecule has 0 atom stereocenters. The van der Waals surface area contributed by atoms with Crippen LogP contribution in [0.4, 0.5) is 0 Å². The van der Waals surface area contributed by atoms with Crippen LogP contribution < -0.4 is 5.56 Å². The Morgan fingerprint density at radius 2 is 2.13 bits per heavy atom. The lowest BCUT2D eigenvalue weighted by atomic mass is 10.1. The second-order valence-corrected chi connectivity index (χ2v) is 6.55. The van der Waals surface area contributed by atoms with Gasteiger partial charge < -0.3 is 4.98 Å². The molecule has 4 nitrogen and oxygen atoms in total. The zero-order valence-electron chi connectivity index (χ0n) is 12.9. The van der Waals surface area contributed by atoms with E-state index in [1.165, 1.54) is 0 Å². The third-order valence-electron chi connectivity index (χ3n) is 4.05. The van der Waals surface area contributed by atoms with Gasteiger partial charge in [0.15, 0.2) is 5.82 Å². The van der Waals surface area contributed by atoms with Crippen molar-refractivity contribution in [3.63, 3.8) is 0 Å². The molecule has 1 aromatic carbocycles. The number of pyridine rings is 1. The summed E-state index contributed by atoms with van der Waals surface area (Å²) in [6, 6.07) is 8.02. The van der Waals surface area contributed by atoms with Gasteiger partial charge in [-0.05, 0) is 48.1 Å². The minimum Gasteiger partial charge on any atom is -0.305 e. The number of hydrogen-bond acceptors (Lipinski definition) is 4. The van der Waals surface area contributed by atoms with Gasteiger partial charge >= 0.3 is 0 Å². The van der Waals surface area contributed by atoms with Gasteiger partial charge in [-0.15, -0.1) is 11.3 Å². The van der Waals surface area contributed by atoms with Gasteiger partial charge in [0.2, 0.25) is 0 Å². The van der Waals surface area contributed by atoms with Crippen LogP contribution in [0.1, 0.15) is 18.1 Å². The van der Waals surface area contributed by atoms with Gasteiger partial charge in [0.1, 0.15) is 5.69 Å². The lowest BCUT2D eigenvalue weighted by Gasteiger charge is -2.07. The molecule has 0 bridgehead atoms. The molecule has 0 amide bonds. The number of hydrogen-bond donors (Lipinski definition) is 1. The van der Waals surface area contributed by atoms with Crippen LogP contribution in [0.15, 0.2) is 40.6 Å². The number of nitrogens with one attached hydrogen (secondary N) is 1. The van der Waals surface area contributed by atoms with Crippen LogP contribution in [-0.4, -0.2) is 15.0 Å². The summed E-state index contributed by atoms with van der Waals surface area (Å²) < 4.78 is 1.13. The van der Waals surface area contributed by atoms with Gasteiger partial charge in [0.05, 0.1) is 10.9 Å². The fourth-order valence-corrected chi connectivity index (χ4v) is 3.60. The normalized spacial score (nSPS) is 11.4. The monoisotopic (exact) mass is 321 g/mol. The van der Waals surface area contributed by atoms with Crippen molar-refractivity contribution < 1.29 is 0 Å². The molecule has 1 N–H and O–H groups in total. The molecule has 0 saturated heterocycles. The van der Waals surface area contributed by atoms with Gasteiger partial charge in [0.25, 0.3) is 5.56 Å². The first-order valence-corrected chi connectivity index (χ1v) is 8.41. The van der Waals surface area contributed by atoms with Crippen LogP contribution in [0.2, 0.25) is 0 Å². The number of benzene rings is 1. The number of thiophene rings is 1. The van der Waals surface area contributed by atoms with E-state index in [1.807, 2.05) is 36.7 Å². The van der Waals surface area contributed by atoms with Crippen molar-refractivity contribution in [3.05, 3.63) is 57.3 Å². The second kappa shape index (κ2) is 5.28. The summed E-state index contributed by atoms with van der Waals surface area (Å²) in [7, 11) is 0. The van der Waals surface area contributed by atoms with Crippen molar-refractivity contribution in [3.8, 4) is 11.5 Å². The van der Waals surface area contributed by atoms with Crippen LogP contribution in [0.5, 0.6) is 0 Å². The van der Waals surface area contributed by atoms with Crippen LogP contribution in [0.3, 0.4) is 0 Å². The first-order valence-electron chi connectivity index (χ1n) is 7.53. The molecule has 3 heterocycles. The summed E-state index contributed by atoms with van der Waals surface area (Å²) in [5, 5.41) is 3.77. The van der Waals surface area contributed by atoms with E-state index < -0.39 is 0 Å². The van der Waals surface area contributed by atoms with Crippen molar-refractivity contribution in [2.45, 2.75) is 20.3 Å². The number of rotatable bonds is 2. The number of aromatic nitrogens is 3. The Morgan fingerprint density at radius 1 is 1.26 bits per heavy atom. The topological polar surface area (TPSA) is 58.6 Å². The van der Waals surface area contributed by atoms with Crippen LogP contribution in [-0.2, 0) is 6.42 Å². The zero-order valence-corrected chi connectivity index (χ0v) is 13.7. The molecule has 0 radical (unpaired) electrons. The molecular weight excluding hydrogens is 306 g/mol. The molecule has 23 heavy (non-hydrogen) atoms. The predicted molar refractivity (Wildman–Crippen MR) is 95.1 cm³/mol. The van der Waals surface area contributed by atoms with E-state index >= 15 is 0 Å². The minimum absolute atomic E-state index is 0.114. The predicted octanol–water partition coefficient (Wildman–Crippen LogP) is 4.07. The third kappa shape index (κ3) is 2.33. The van der Waals surface area contributed by atoms with E-state index in [4.69, 9.17) is 0 Å². The first kappa shape index (κ1) is 14.1. The molecule has 0 aliphatic rings. The van der Waals surface area contributed by atoms with Crippen LogP contribution in [0.25, 0.3) is 32.5 Å². The van der Waals surface area contributed by atoms with E-state index in [2.05, 4.69) is 27.9 Å². The van der Waals surface area contributed by atoms with Crippen LogP contribution >= 0.6 is 11.3 Å². The average molecular weight is 321 g/mol. The molecule has 0 aliphatic carbocycles. The highest BCUT2D eigenvalue weighted by molar-refractivity contribution is 7.17. The quantitative estimate of drug-likeness (QED) is 0.605. The summed E-state index contributed by atoms with van der Waals surface area (Å²) in [5.74, 6) is 0.519. The fourth-order valence-electron chi connectivity index (χ4n) is 2.80. The highest BCUT2D eigenvalue weighted by atomic mass is 32.1. The highest BCUT2D eigenvalue weighted by Gasteiger charge is 2.11. The maximum atomic E-state index is 12.5. The highest BCUT2D eigenvalue weighted by Crippen LogP contribution is 2.25. The molecule has 5 heteroatoms. The van der Waals surface area contributed by atoms with E-state index in [-0.39, 0.29) is 5.56 Å². The average Bonchev–Trinajstić information content (AvgIpc) is 3.02. The van der Waals surface area contributed by atoms with Crippen molar-refractivity contribution in [2.24, 2.45) is 0 Å². The van der Waals surface area contributed by atoms with Crippen molar-refractivity contribution in [1.82, 2.24) is 15.0 Å². The first-order chi connectivity index (χ1) is 11.2. The number of nitrogens with zero attached hydrogens (tertiary/aromatic N) is 2. The molecule has 4 rings (SSSR count). The zero-order chi connectivity index (χ0) is 16.0. The SMILES string of the molecule is CCc1cc(C)c2nc(-c3cc4sccc4cn3)[nH]c(=O)c2c1. The summed E-state index contributed by atoms with van der Waals surface area (Å²) in [5.41, 5.74) is 3.49.